The molecule has 0 radical (unpaired) electrons. The van der Waals surface area contributed by atoms with Crippen molar-refractivity contribution in [2.75, 3.05) is 23.3 Å². The van der Waals surface area contributed by atoms with E-state index in [0.29, 0.717) is 18.4 Å². The number of nitrogens with one attached hydrogen (secondary N) is 1. The van der Waals surface area contributed by atoms with Crippen LogP contribution in [0.1, 0.15) is 43.7 Å². The molecular formula is C20H28IN5. The topological polar surface area (TPSA) is 66.5 Å². The second kappa shape index (κ2) is 9.75. The van der Waals surface area contributed by atoms with Crippen LogP contribution in [0, 0.1) is 0 Å². The number of nitrogens with two attached hydrogens (primary N) is 1. The molecule has 140 valence electrons. The van der Waals surface area contributed by atoms with Crippen LogP contribution in [-0.4, -0.2) is 24.0 Å². The van der Waals surface area contributed by atoms with Gasteiger partial charge in [-0.05, 0) is 54.2 Å². The fourth-order valence-corrected chi connectivity index (χ4v) is 3.02. The van der Waals surface area contributed by atoms with Gasteiger partial charge < -0.3 is 16.0 Å². The molecule has 0 atom stereocenters. The second-order valence-electron chi connectivity index (χ2n) is 6.82. The number of halogens is 1. The van der Waals surface area contributed by atoms with E-state index in [9.17, 15) is 0 Å². The van der Waals surface area contributed by atoms with E-state index < -0.39 is 0 Å². The molecule has 0 bridgehead atoms. The van der Waals surface area contributed by atoms with Crippen molar-refractivity contribution in [1.82, 2.24) is 4.98 Å². The lowest BCUT2D eigenvalue weighted by Crippen LogP contribution is -2.22. The van der Waals surface area contributed by atoms with Crippen LogP contribution in [0.4, 0.5) is 11.5 Å². The van der Waals surface area contributed by atoms with Gasteiger partial charge in [0.15, 0.2) is 5.96 Å². The van der Waals surface area contributed by atoms with Crippen molar-refractivity contribution in [2.45, 2.75) is 39.2 Å². The highest BCUT2D eigenvalue weighted by Crippen LogP contribution is 2.20. The largest absolute Gasteiger partial charge is 0.370 e. The molecule has 5 nitrogen and oxygen atoms in total. The molecule has 1 aliphatic rings. The van der Waals surface area contributed by atoms with Crippen LogP contribution in [0.3, 0.4) is 0 Å². The van der Waals surface area contributed by atoms with Gasteiger partial charge in [0.1, 0.15) is 5.82 Å². The summed E-state index contributed by atoms with van der Waals surface area (Å²) in [6.07, 6.45) is 4.35. The lowest BCUT2D eigenvalue weighted by molar-refractivity contribution is 0.867. The fraction of sp³-hybridized carbons (Fsp3) is 0.400. The lowest BCUT2D eigenvalue weighted by atomic mass is 10.0. The Morgan fingerprint density at radius 3 is 2.73 bits per heavy atom. The van der Waals surface area contributed by atoms with Crippen molar-refractivity contribution in [3.05, 3.63) is 53.7 Å². The van der Waals surface area contributed by atoms with Crippen molar-refractivity contribution in [2.24, 2.45) is 10.7 Å². The number of benzene rings is 1. The minimum absolute atomic E-state index is 0. The maximum Gasteiger partial charge on any atom is 0.193 e. The van der Waals surface area contributed by atoms with Gasteiger partial charge in [-0.3, -0.25) is 0 Å². The Bertz CT molecular complexity index is 738. The van der Waals surface area contributed by atoms with Crippen LogP contribution in [-0.2, 0) is 6.54 Å². The molecule has 1 aromatic carbocycles. The van der Waals surface area contributed by atoms with E-state index in [0.717, 1.165) is 30.2 Å². The predicted octanol–water partition coefficient (Wildman–Crippen LogP) is 4.35. The molecule has 1 aromatic heterocycles. The Labute approximate surface area is 173 Å². The third kappa shape index (κ3) is 5.59. The summed E-state index contributed by atoms with van der Waals surface area (Å²) in [7, 11) is 0. The first-order chi connectivity index (χ1) is 12.1. The summed E-state index contributed by atoms with van der Waals surface area (Å²) >= 11 is 0. The average Bonchev–Trinajstić information content (AvgIpc) is 3.15. The van der Waals surface area contributed by atoms with Gasteiger partial charge in [-0.1, -0.05) is 26.0 Å². The average molecular weight is 465 g/mol. The quantitative estimate of drug-likeness (QED) is 0.392. The van der Waals surface area contributed by atoms with E-state index in [4.69, 9.17) is 5.73 Å². The van der Waals surface area contributed by atoms with Gasteiger partial charge in [0.2, 0.25) is 0 Å². The summed E-state index contributed by atoms with van der Waals surface area (Å²) in [5.41, 5.74) is 9.43. The van der Waals surface area contributed by atoms with Gasteiger partial charge in [0.05, 0.1) is 6.54 Å². The minimum Gasteiger partial charge on any atom is -0.370 e. The highest BCUT2D eigenvalue weighted by molar-refractivity contribution is 14.0. The Hall–Kier alpha value is -1.83. The van der Waals surface area contributed by atoms with Gasteiger partial charge in [0.25, 0.3) is 0 Å². The van der Waals surface area contributed by atoms with Crippen molar-refractivity contribution in [3.63, 3.8) is 0 Å². The second-order valence-corrected chi connectivity index (χ2v) is 6.82. The minimum atomic E-state index is 0. The summed E-state index contributed by atoms with van der Waals surface area (Å²) in [6.45, 7) is 7.09. The molecule has 0 amide bonds. The zero-order chi connectivity index (χ0) is 17.6. The molecule has 2 heterocycles. The van der Waals surface area contributed by atoms with Crippen LogP contribution in [0.5, 0.6) is 0 Å². The maximum atomic E-state index is 6.05. The van der Waals surface area contributed by atoms with E-state index >= 15 is 0 Å². The number of pyridine rings is 1. The van der Waals surface area contributed by atoms with E-state index in [1.807, 2.05) is 24.4 Å². The summed E-state index contributed by atoms with van der Waals surface area (Å²) in [4.78, 5) is 11.3. The van der Waals surface area contributed by atoms with Crippen LogP contribution in [0.2, 0.25) is 0 Å². The summed E-state index contributed by atoms with van der Waals surface area (Å²) in [5, 5.41) is 3.18. The lowest BCUT2D eigenvalue weighted by Gasteiger charge is -2.16. The Morgan fingerprint density at radius 2 is 2.00 bits per heavy atom. The summed E-state index contributed by atoms with van der Waals surface area (Å²) < 4.78 is 0. The summed E-state index contributed by atoms with van der Waals surface area (Å²) in [5.74, 6) is 1.96. The molecule has 1 fully saturated rings. The van der Waals surface area contributed by atoms with E-state index in [-0.39, 0.29) is 24.0 Å². The molecular weight excluding hydrogens is 437 g/mol. The Balaban J connectivity index is 0.00000243. The number of hydrogen-bond donors (Lipinski definition) is 2. The van der Waals surface area contributed by atoms with E-state index in [1.165, 1.54) is 18.4 Å². The molecule has 3 rings (SSSR count). The van der Waals surface area contributed by atoms with Crippen molar-refractivity contribution >= 4 is 41.4 Å². The molecule has 1 saturated heterocycles. The smallest absolute Gasteiger partial charge is 0.193 e. The van der Waals surface area contributed by atoms with Crippen LogP contribution >= 0.6 is 24.0 Å². The third-order valence-corrected chi connectivity index (χ3v) is 4.50. The van der Waals surface area contributed by atoms with E-state index in [1.54, 1.807) is 0 Å². The van der Waals surface area contributed by atoms with Gasteiger partial charge in [-0.2, -0.15) is 0 Å². The molecule has 1 aliphatic heterocycles. The normalized spacial score (nSPS) is 14.4. The number of nitrogens with zero attached hydrogens (tertiary/aromatic N) is 3. The number of aliphatic imine (C=N–C) groups is 1. The predicted molar refractivity (Wildman–Crippen MR) is 121 cm³/mol. The monoisotopic (exact) mass is 465 g/mol. The zero-order valence-electron chi connectivity index (χ0n) is 15.5. The molecule has 0 spiro atoms. The highest BCUT2D eigenvalue weighted by atomic mass is 127. The zero-order valence-corrected chi connectivity index (χ0v) is 17.8. The van der Waals surface area contributed by atoms with Crippen LogP contribution in [0.25, 0.3) is 0 Å². The van der Waals surface area contributed by atoms with Gasteiger partial charge >= 0.3 is 0 Å². The van der Waals surface area contributed by atoms with Gasteiger partial charge in [-0.25, -0.2) is 9.98 Å². The Kier molecular flexibility index (Phi) is 7.68. The van der Waals surface area contributed by atoms with Gasteiger partial charge in [0, 0.05) is 25.0 Å². The number of rotatable bonds is 5. The third-order valence-electron chi connectivity index (χ3n) is 4.50. The molecule has 3 N–H and O–H groups in total. The molecule has 6 heteroatoms. The van der Waals surface area contributed by atoms with Crippen LogP contribution < -0.4 is 16.0 Å². The number of hydrogen-bond acceptors (Lipinski definition) is 3. The summed E-state index contributed by atoms with van der Waals surface area (Å²) in [6, 6.07) is 12.4. The SMILES string of the molecule is CC(C)c1cccc(NC(N)=NCc2ccnc(N3CCCC3)c2)c1.I. The molecule has 0 aliphatic carbocycles. The number of anilines is 2. The molecule has 0 unspecified atom stereocenters. The molecule has 2 aromatic rings. The Morgan fingerprint density at radius 1 is 1.23 bits per heavy atom. The first-order valence-electron chi connectivity index (χ1n) is 8.98. The number of aromatic nitrogens is 1. The van der Waals surface area contributed by atoms with Crippen molar-refractivity contribution < 1.29 is 0 Å². The van der Waals surface area contributed by atoms with E-state index in [2.05, 4.69) is 52.2 Å². The number of guanidine groups is 1. The van der Waals surface area contributed by atoms with Crippen molar-refractivity contribution in [1.29, 1.82) is 0 Å². The van der Waals surface area contributed by atoms with Gasteiger partial charge in [-0.15, -0.1) is 24.0 Å². The maximum absolute atomic E-state index is 6.05. The molecule has 0 saturated carbocycles. The van der Waals surface area contributed by atoms with Crippen LogP contribution in [0.15, 0.2) is 47.6 Å². The standard InChI is InChI=1S/C20H27N5.HI/c1-15(2)17-6-5-7-18(13-17)24-20(21)23-14-16-8-9-22-19(12-16)25-10-3-4-11-25;/h5-9,12-13,15H,3-4,10-11,14H2,1-2H3,(H3,21,23,24);1H. The first kappa shape index (κ1) is 20.5. The first-order valence-corrected chi connectivity index (χ1v) is 8.98. The van der Waals surface area contributed by atoms with Crippen molar-refractivity contribution in [3.8, 4) is 0 Å². The highest BCUT2D eigenvalue weighted by Gasteiger charge is 2.13. The molecule has 26 heavy (non-hydrogen) atoms. The fourth-order valence-electron chi connectivity index (χ4n) is 3.02.